The van der Waals surface area contributed by atoms with E-state index in [1.165, 1.54) is 18.6 Å². The molecule has 0 spiro atoms. The summed E-state index contributed by atoms with van der Waals surface area (Å²) < 4.78 is 50.4. The molecule has 0 aliphatic heterocycles. The van der Waals surface area contributed by atoms with Crippen molar-refractivity contribution in [3.05, 3.63) is 48.5 Å². The lowest BCUT2D eigenvalue weighted by Crippen LogP contribution is -2.08. The largest absolute Gasteiger partial charge is 0.478 e. The van der Waals surface area contributed by atoms with Crippen LogP contribution < -0.4 is 4.74 Å². The molecule has 0 aliphatic rings. The monoisotopic (exact) mass is 411 g/mol. The molecule has 29 heavy (non-hydrogen) atoms. The van der Waals surface area contributed by atoms with Gasteiger partial charge in [-0.05, 0) is 32.0 Å². The zero-order valence-corrected chi connectivity index (χ0v) is 15.3. The molecule has 0 radical (unpaired) electrons. The zero-order valence-electron chi connectivity index (χ0n) is 15.3. The highest BCUT2D eigenvalue weighted by Gasteiger charge is 2.32. The molecule has 1 heterocycles. The van der Waals surface area contributed by atoms with E-state index in [-0.39, 0.29) is 23.2 Å². The molecule has 8 nitrogen and oxygen atoms in total. The van der Waals surface area contributed by atoms with Crippen LogP contribution in [0.5, 0.6) is 5.75 Å². The van der Waals surface area contributed by atoms with E-state index in [2.05, 4.69) is 10.1 Å². The molecule has 154 valence electrons. The van der Waals surface area contributed by atoms with E-state index in [1.54, 1.807) is 13.8 Å². The minimum Gasteiger partial charge on any atom is -0.478 e. The van der Waals surface area contributed by atoms with Gasteiger partial charge >= 0.3 is 18.1 Å². The van der Waals surface area contributed by atoms with Crippen LogP contribution in [0.15, 0.2) is 42.9 Å². The van der Waals surface area contributed by atoms with E-state index < -0.39 is 23.7 Å². The summed E-state index contributed by atoms with van der Waals surface area (Å²) in [6, 6.07) is 2.76. The van der Waals surface area contributed by atoms with Gasteiger partial charge in [-0.1, -0.05) is 0 Å². The Labute approximate surface area is 162 Å². The first-order chi connectivity index (χ1) is 13.5. The Morgan fingerprint density at radius 3 is 2.55 bits per heavy atom. The van der Waals surface area contributed by atoms with Gasteiger partial charge in [0.1, 0.15) is 12.1 Å². The number of carbonyl (C=O) groups is 2. The number of aliphatic carboxylic acids is 1. The van der Waals surface area contributed by atoms with E-state index in [0.717, 1.165) is 23.1 Å². The number of alkyl halides is 3. The Morgan fingerprint density at radius 2 is 1.93 bits per heavy atom. The number of nitrogens with zero attached hydrogens (tertiary/aromatic N) is 3. The van der Waals surface area contributed by atoms with Crippen LogP contribution in [0.4, 0.5) is 13.2 Å². The van der Waals surface area contributed by atoms with Crippen LogP contribution in [-0.2, 0) is 20.5 Å². The number of benzene rings is 1. The van der Waals surface area contributed by atoms with Gasteiger partial charge in [-0.2, -0.15) is 13.2 Å². The number of rotatable bonds is 7. The molecule has 0 aliphatic carbocycles. The normalized spacial score (nSPS) is 12.1. The zero-order chi connectivity index (χ0) is 21.6. The van der Waals surface area contributed by atoms with Crippen LogP contribution in [0.3, 0.4) is 0 Å². The standard InChI is InChI=1S/C18H16F3N3O5/c1-11(2)29-16(27)3-5-24-10-22-17(23-24)12-7-13(18(19,20)21)9-14(8-12)28-6-4-15(25)26/h3-11H,1-2H3,(H,25,26)/b5-3-,6-4?. The Bertz CT molecular complexity index is 948. The molecule has 0 unspecified atom stereocenters. The fourth-order valence-corrected chi connectivity index (χ4v) is 2.02. The summed E-state index contributed by atoms with van der Waals surface area (Å²) in [6.45, 7) is 3.36. The maximum absolute atomic E-state index is 13.2. The summed E-state index contributed by atoms with van der Waals surface area (Å²) in [5, 5.41) is 12.5. The Morgan fingerprint density at radius 1 is 1.21 bits per heavy atom. The first-order valence-corrected chi connectivity index (χ1v) is 8.13. The first-order valence-electron chi connectivity index (χ1n) is 8.13. The lowest BCUT2D eigenvalue weighted by atomic mass is 10.1. The topological polar surface area (TPSA) is 104 Å². The SMILES string of the molecule is CC(C)OC(=O)/C=C\n1cnc(-c2cc(OC=CC(=O)O)cc(C(F)(F)F)c2)n1. The molecule has 0 amide bonds. The van der Waals surface area contributed by atoms with Gasteiger partial charge in [0.05, 0.1) is 24.0 Å². The van der Waals surface area contributed by atoms with Crippen molar-refractivity contribution in [3.8, 4) is 17.1 Å². The van der Waals surface area contributed by atoms with Crippen LogP contribution in [0.2, 0.25) is 0 Å². The highest BCUT2D eigenvalue weighted by atomic mass is 19.4. The van der Waals surface area contributed by atoms with E-state index in [4.69, 9.17) is 14.6 Å². The second-order valence-electron chi connectivity index (χ2n) is 5.85. The number of hydrogen-bond donors (Lipinski definition) is 1. The summed E-state index contributed by atoms with van der Waals surface area (Å²) in [5.74, 6) is -2.25. The van der Waals surface area contributed by atoms with Crippen molar-refractivity contribution < 1.29 is 37.3 Å². The Balaban J connectivity index is 2.31. The first kappa shape index (κ1) is 21.7. The summed E-state index contributed by atoms with van der Waals surface area (Å²) in [5.41, 5.74) is -1.04. The van der Waals surface area contributed by atoms with Crippen molar-refractivity contribution in [3.63, 3.8) is 0 Å². The number of esters is 1. The molecule has 0 saturated heterocycles. The van der Waals surface area contributed by atoms with Crippen LogP contribution in [0.25, 0.3) is 17.6 Å². The Kier molecular flexibility index (Phi) is 6.75. The van der Waals surface area contributed by atoms with E-state index in [0.29, 0.717) is 12.1 Å². The van der Waals surface area contributed by atoms with E-state index in [1.807, 2.05) is 0 Å². The molecule has 0 bridgehead atoms. The Hall–Kier alpha value is -3.63. The molecular weight excluding hydrogens is 395 g/mol. The number of carbonyl (C=O) groups excluding carboxylic acids is 1. The smallest absolute Gasteiger partial charge is 0.416 e. The number of carboxylic acid groups (broad SMARTS) is 1. The third-order valence-electron chi connectivity index (χ3n) is 3.13. The van der Waals surface area contributed by atoms with Crippen molar-refractivity contribution in [1.29, 1.82) is 0 Å². The van der Waals surface area contributed by atoms with Crippen LogP contribution in [0, 0.1) is 0 Å². The van der Waals surface area contributed by atoms with Crippen molar-refractivity contribution in [2.45, 2.75) is 26.1 Å². The van der Waals surface area contributed by atoms with Crippen molar-refractivity contribution >= 4 is 18.1 Å². The van der Waals surface area contributed by atoms with E-state index in [9.17, 15) is 22.8 Å². The van der Waals surface area contributed by atoms with Gasteiger partial charge in [0.15, 0.2) is 5.82 Å². The molecule has 2 aromatic rings. The third-order valence-corrected chi connectivity index (χ3v) is 3.13. The molecule has 2 rings (SSSR count). The van der Waals surface area contributed by atoms with Gasteiger partial charge in [0, 0.05) is 17.8 Å². The minimum atomic E-state index is -4.67. The average Bonchev–Trinajstić information content (AvgIpc) is 3.07. The lowest BCUT2D eigenvalue weighted by molar-refractivity contribution is -0.141. The molecule has 0 saturated carbocycles. The van der Waals surface area contributed by atoms with E-state index >= 15 is 0 Å². The summed E-state index contributed by atoms with van der Waals surface area (Å²) in [4.78, 5) is 25.9. The summed E-state index contributed by atoms with van der Waals surface area (Å²) >= 11 is 0. The summed E-state index contributed by atoms with van der Waals surface area (Å²) in [6.07, 6.45) is -0.0764. The quantitative estimate of drug-likeness (QED) is 0.423. The number of carboxylic acids is 1. The van der Waals surface area contributed by atoms with Crippen molar-refractivity contribution in [1.82, 2.24) is 14.8 Å². The van der Waals surface area contributed by atoms with Crippen molar-refractivity contribution in [2.24, 2.45) is 0 Å². The summed E-state index contributed by atoms with van der Waals surface area (Å²) in [7, 11) is 0. The van der Waals surface area contributed by atoms with Gasteiger partial charge < -0.3 is 14.6 Å². The highest BCUT2D eigenvalue weighted by Crippen LogP contribution is 2.35. The van der Waals surface area contributed by atoms with Crippen LogP contribution >= 0.6 is 0 Å². The minimum absolute atomic E-state index is 0.0181. The van der Waals surface area contributed by atoms with Gasteiger partial charge in [0.2, 0.25) is 0 Å². The predicted molar refractivity (Wildman–Crippen MR) is 94.4 cm³/mol. The number of halogens is 3. The molecular formula is C18H16F3N3O5. The number of ether oxygens (including phenoxy) is 2. The molecule has 0 fully saturated rings. The van der Waals surface area contributed by atoms with Crippen LogP contribution in [-0.4, -0.2) is 37.9 Å². The second-order valence-corrected chi connectivity index (χ2v) is 5.85. The molecule has 0 atom stereocenters. The fourth-order valence-electron chi connectivity index (χ4n) is 2.02. The van der Waals surface area contributed by atoms with Gasteiger partial charge in [-0.25, -0.2) is 19.3 Å². The maximum Gasteiger partial charge on any atom is 0.416 e. The third kappa shape index (κ3) is 6.79. The number of hydrogen-bond acceptors (Lipinski definition) is 6. The second kappa shape index (κ2) is 9.04. The molecule has 1 aromatic carbocycles. The molecule has 1 aromatic heterocycles. The van der Waals surface area contributed by atoms with Gasteiger partial charge in [0.25, 0.3) is 0 Å². The fraction of sp³-hybridized carbons (Fsp3) is 0.222. The van der Waals surface area contributed by atoms with Crippen molar-refractivity contribution in [2.75, 3.05) is 0 Å². The average molecular weight is 411 g/mol. The lowest BCUT2D eigenvalue weighted by Gasteiger charge is -2.10. The molecule has 1 N–H and O–H groups in total. The van der Waals surface area contributed by atoms with Gasteiger partial charge in [-0.15, -0.1) is 5.10 Å². The predicted octanol–water partition coefficient (Wildman–Crippen LogP) is 3.36. The van der Waals surface area contributed by atoms with Crippen LogP contribution in [0.1, 0.15) is 19.4 Å². The number of aromatic nitrogens is 3. The van der Waals surface area contributed by atoms with Gasteiger partial charge in [-0.3, -0.25) is 0 Å². The maximum atomic E-state index is 13.2. The molecule has 11 heteroatoms. The highest BCUT2D eigenvalue weighted by molar-refractivity contribution is 5.85.